The molecule has 0 atom stereocenters. The molecule has 2 aromatic carbocycles. The fraction of sp³-hybridized carbons (Fsp3) is 0. The maximum absolute atomic E-state index is 11.5. The summed E-state index contributed by atoms with van der Waals surface area (Å²) in [5.74, 6) is -1.42. The van der Waals surface area contributed by atoms with E-state index in [4.69, 9.17) is 0 Å². The van der Waals surface area contributed by atoms with Crippen LogP contribution in [0.5, 0.6) is 0 Å². The molecule has 2 rings (SSSR count). The first kappa shape index (κ1) is 14.9. The van der Waals surface area contributed by atoms with Crippen LogP contribution in [0.15, 0.2) is 60.7 Å². The van der Waals surface area contributed by atoms with Crippen molar-refractivity contribution >= 4 is 11.9 Å². The maximum atomic E-state index is 11.5. The summed E-state index contributed by atoms with van der Waals surface area (Å²) in [6, 6.07) is 16.6. The number of hydrogen-bond donors (Lipinski definition) is 0. The predicted octanol–water partition coefficient (Wildman–Crippen LogP) is 2.61. The average Bonchev–Trinajstić information content (AvgIpc) is 2.46. The Bertz CT molecular complexity index is 488. The van der Waals surface area contributed by atoms with Gasteiger partial charge in [0.2, 0.25) is 0 Å². The standard InChI is InChI=1S/C14H10O4.Co/c15-13(11-7-3-1-4-8-11)17-18-14(16)12-9-5-2-6-10-12;/h1-10H;. The molecule has 4 nitrogen and oxygen atoms in total. The summed E-state index contributed by atoms with van der Waals surface area (Å²) < 4.78 is 0. The molecular formula is C14H10CoO4. The number of carbonyl (C=O) groups excluding carboxylic acids is 2. The van der Waals surface area contributed by atoms with Crippen molar-refractivity contribution in [2.45, 2.75) is 0 Å². The van der Waals surface area contributed by atoms with E-state index in [1.807, 2.05) is 0 Å². The van der Waals surface area contributed by atoms with Crippen molar-refractivity contribution in [1.29, 1.82) is 0 Å². The van der Waals surface area contributed by atoms with Crippen LogP contribution in [0.2, 0.25) is 0 Å². The van der Waals surface area contributed by atoms with Crippen LogP contribution in [0.4, 0.5) is 0 Å². The molecule has 0 aliphatic heterocycles. The van der Waals surface area contributed by atoms with Gasteiger partial charge < -0.3 is 0 Å². The zero-order valence-corrected chi connectivity index (χ0v) is 10.8. The second-order valence-corrected chi connectivity index (χ2v) is 3.47. The Kier molecular flexibility index (Phi) is 5.78. The molecule has 19 heavy (non-hydrogen) atoms. The molecule has 0 spiro atoms. The van der Waals surface area contributed by atoms with Gasteiger partial charge in [0.15, 0.2) is 0 Å². The number of carbonyl (C=O) groups is 2. The zero-order chi connectivity index (χ0) is 12.8. The van der Waals surface area contributed by atoms with Gasteiger partial charge in [-0.25, -0.2) is 19.4 Å². The van der Waals surface area contributed by atoms with E-state index in [1.54, 1.807) is 60.7 Å². The summed E-state index contributed by atoms with van der Waals surface area (Å²) >= 11 is 0. The Morgan fingerprint density at radius 3 is 1.26 bits per heavy atom. The Balaban J connectivity index is 0.00000180. The Morgan fingerprint density at radius 1 is 0.632 bits per heavy atom. The van der Waals surface area contributed by atoms with E-state index in [2.05, 4.69) is 9.78 Å². The minimum atomic E-state index is -0.708. The van der Waals surface area contributed by atoms with Gasteiger partial charge in [-0.1, -0.05) is 36.4 Å². The van der Waals surface area contributed by atoms with E-state index < -0.39 is 11.9 Å². The van der Waals surface area contributed by atoms with Gasteiger partial charge in [0, 0.05) is 16.8 Å². The maximum Gasteiger partial charge on any atom is 0.386 e. The van der Waals surface area contributed by atoms with Crippen LogP contribution in [-0.2, 0) is 26.6 Å². The van der Waals surface area contributed by atoms with E-state index in [-0.39, 0.29) is 16.8 Å². The van der Waals surface area contributed by atoms with Gasteiger partial charge in [0.25, 0.3) is 0 Å². The van der Waals surface area contributed by atoms with Crippen LogP contribution < -0.4 is 0 Å². The van der Waals surface area contributed by atoms with Crippen LogP contribution in [0.3, 0.4) is 0 Å². The Morgan fingerprint density at radius 2 is 0.947 bits per heavy atom. The van der Waals surface area contributed by atoms with E-state index in [0.717, 1.165) is 0 Å². The third-order valence-electron chi connectivity index (χ3n) is 2.21. The molecule has 0 heterocycles. The molecule has 99 valence electrons. The molecule has 0 amide bonds. The van der Waals surface area contributed by atoms with Crippen molar-refractivity contribution in [2.75, 3.05) is 0 Å². The molecule has 0 saturated carbocycles. The van der Waals surface area contributed by atoms with E-state index in [9.17, 15) is 9.59 Å². The monoisotopic (exact) mass is 301 g/mol. The quantitative estimate of drug-likeness (QED) is 0.632. The second-order valence-electron chi connectivity index (χ2n) is 3.47. The number of rotatable bonds is 2. The van der Waals surface area contributed by atoms with Gasteiger partial charge in [-0.2, -0.15) is 0 Å². The minimum absolute atomic E-state index is 0. The normalized spacial score (nSPS) is 9.05. The zero-order valence-electron chi connectivity index (χ0n) is 9.74. The summed E-state index contributed by atoms with van der Waals surface area (Å²) in [5, 5.41) is 0. The van der Waals surface area contributed by atoms with Crippen molar-refractivity contribution in [2.24, 2.45) is 0 Å². The molecule has 0 N–H and O–H groups in total. The van der Waals surface area contributed by atoms with Gasteiger partial charge in [0.05, 0.1) is 11.1 Å². The Labute approximate surface area is 120 Å². The molecular weight excluding hydrogens is 291 g/mol. The second kappa shape index (κ2) is 7.35. The van der Waals surface area contributed by atoms with Crippen molar-refractivity contribution < 1.29 is 36.1 Å². The molecule has 0 aromatic heterocycles. The molecule has 0 fully saturated rings. The Hall–Kier alpha value is -2.11. The average molecular weight is 301 g/mol. The summed E-state index contributed by atoms with van der Waals surface area (Å²) in [7, 11) is 0. The van der Waals surface area contributed by atoms with Crippen molar-refractivity contribution in [1.82, 2.24) is 0 Å². The van der Waals surface area contributed by atoms with E-state index in [0.29, 0.717) is 11.1 Å². The number of hydrogen-bond acceptors (Lipinski definition) is 4. The third kappa shape index (κ3) is 4.24. The van der Waals surface area contributed by atoms with E-state index in [1.165, 1.54) is 0 Å². The molecule has 0 aliphatic rings. The molecule has 2 aromatic rings. The molecule has 0 saturated heterocycles. The predicted molar refractivity (Wildman–Crippen MR) is 63.7 cm³/mol. The molecule has 5 heteroatoms. The first-order valence-electron chi connectivity index (χ1n) is 5.30. The van der Waals surface area contributed by atoms with Crippen molar-refractivity contribution in [3.8, 4) is 0 Å². The smallest absolute Gasteiger partial charge is 0.242 e. The molecule has 0 unspecified atom stereocenters. The van der Waals surface area contributed by atoms with Gasteiger partial charge in [-0.15, -0.1) is 0 Å². The van der Waals surface area contributed by atoms with Gasteiger partial charge in [-0.3, -0.25) is 0 Å². The van der Waals surface area contributed by atoms with Gasteiger partial charge in [0.1, 0.15) is 0 Å². The third-order valence-corrected chi connectivity index (χ3v) is 2.21. The number of benzene rings is 2. The minimum Gasteiger partial charge on any atom is -0.242 e. The SMILES string of the molecule is O=C(OOC(=O)c1ccccc1)c1ccccc1.[Co]. The van der Waals surface area contributed by atoms with E-state index >= 15 is 0 Å². The first-order valence-corrected chi connectivity index (χ1v) is 5.30. The molecule has 0 aliphatic carbocycles. The molecule has 0 bridgehead atoms. The summed E-state index contributed by atoms with van der Waals surface area (Å²) in [4.78, 5) is 31.9. The largest absolute Gasteiger partial charge is 0.386 e. The van der Waals surface area contributed by atoms with Crippen LogP contribution in [0.1, 0.15) is 20.7 Å². The molecule has 1 radical (unpaired) electrons. The van der Waals surface area contributed by atoms with Gasteiger partial charge in [-0.05, 0) is 24.3 Å². The summed E-state index contributed by atoms with van der Waals surface area (Å²) in [6.45, 7) is 0. The van der Waals surface area contributed by atoms with Crippen LogP contribution >= 0.6 is 0 Å². The van der Waals surface area contributed by atoms with Crippen molar-refractivity contribution in [3.63, 3.8) is 0 Å². The van der Waals surface area contributed by atoms with Crippen LogP contribution in [-0.4, -0.2) is 11.9 Å². The topological polar surface area (TPSA) is 52.6 Å². The fourth-order valence-corrected chi connectivity index (χ4v) is 1.32. The fourth-order valence-electron chi connectivity index (χ4n) is 1.32. The first-order chi connectivity index (χ1) is 8.77. The van der Waals surface area contributed by atoms with Gasteiger partial charge >= 0.3 is 11.9 Å². The van der Waals surface area contributed by atoms with Crippen LogP contribution in [0.25, 0.3) is 0 Å². The van der Waals surface area contributed by atoms with Crippen LogP contribution in [0, 0.1) is 0 Å². The summed E-state index contributed by atoms with van der Waals surface area (Å²) in [6.07, 6.45) is 0. The van der Waals surface area contributed by atoms with Crippen molar-refractivity contribution in [3.05, 3.63) is 71.8 Å². The summed E-state index contributed by atoms with van der Waals surface area (Å²) in [5.41, 5.74) is 0.636.